The number of aromatic nitrogens is 3. The van der Waals surface area contributed by atoms with Gasteiger partial charge in [0.1, 0.15) is 18.8 Å². The van der Waals surface area contributed by atoms with Crippen LogP contribution in [0.1, 0.15) is 43.0 Å². The Hall–Kier alpha value is -3.84. The highest BCUT2D eigenvalue weighted by molar-refractivity contribution is 5.77. The molecule has 0 saturated carbocycles. The van der Waals surface area contributed by atoms with Gasteiger partial charge >= 0.3 is 0 Å². The summed E-state index contributed by atoms with van der Waals surface area (Å²) in [6.45, 7) is 3.86. The number of amides is 1. The molecule has 0 aliphatic carbocycles. The largest absolute Gasteiger partial charge is 0.359 e. The first-order valence-corrected chi connectivity index (χ1v) is 10.9. The second-order valence-electron chi connectivity index (χ2n) is 8.00. The minimum absolute atomic E-state index is 0.0372. The van der Waals surface area contributed by atoms with Crippen molar-refractivity contribution in [2.24, 2.45) is 5.92 Å². The van der Waals surface area contributed by atoms with Gasteiger partial charge in [-0.1, -0.05) is 79.7 Å². The van der Waals surface area contributed by atoms with Crippen molar-refractivity contribution < 1.29 is 14.1 Å². The molecule has 4 rings (SSSR count). The number of carbonyl (C=O) groups excluding carboxylic acids is 1. The second-order valence-corrected chi connectivity index (χ2v) is 8.00. The van der Waals surface area contributed by atoms with Gasteiger partial charge in [-0.3, -0.25) is 9.78 Å². The second kappa shape index (κ2) is 10.7. The number of rotatable bonds is 9. The minimum Gasteiger partial charge on any atom is -0.359 e. The number of ether oxygens (including phenoxy) is 1. The van der Waals surface area contributed by atoms with Crippen LogP contribution >= 0.6 is 0 Å². The average Bonchev–Trinajstić information content (AvgIpc) is 3.34. The first-order valence-electron chi connectivity index (χ1n) is 10.9. The quantitative estimate of drug-likeness (QED) is 0.402. The highest BCUT2D eigenvalue weighted by atomic mass is 16.5. The van der Waals surface area contributed by atoms with Crippen LogP contribution in [0.2, 0.25) is 0 Å². The Morgan fingerprint density at radius 1 is 0.970 bits per heavy atom. The molecular formula is C26H26N4O3. The van der Waals surface area contributed by atoms with Gasteiger partial charge in [-0.15, -0.1) is 0 Å². The first kappa shape index (κ1) is 22.4. The fraction of sp³-hybridized carbons (Fsp3) is 0.231. The SMILES string of the molecule is CC(C)C(NC(=O)COC(c1ccccc1)c1ccccc1)c1nc(-c2cccnc2)no1. The molecule has 2 aromatic heterocycles. The molecule has 4 aromatic rings. The van der Waals surface area contributed by atoms with Crippen LogP contribution in [0.25, 0.3) is 11.4 Å². The maximum Gasteiger partial charge on any atom is 0.249 e. The van der Waals surface area contributed by atoms with Crippen molar-refractivity contribution in [2.75, 3.05) is 6.61 Å². The molecular weight excluding hydrogens is 416 g/mol. The highest BCUT2D eigenvalue weighted by Gasteiger charge is 2.26. The predicted molar refractivity (Wildman–Crippen MR) is 124 cm³/mol. The summed E-state index contributed by atoms with van der Waals surface area (Å²) < 4.78 is 11.5. The number of nitrogens with one attached hydrogen (secondary N) is 1. The lowest BCUT2D eigenvalue weighted by atomic mass is 10.0. The van der Waals surface area contributed by atoms with Crippen molar-refractivity contribution >= 4 is 5.91 Å². The molecule has 0 fully saturated rings. The molecule has 0 spiro atoms. The minimum atomic E-state index is -0.439. The molecule has 0 aliphatic rings. The van der Waals surface area contributed by atoms with E-state index in [0.29, 0.717) is 11.7 Å². The Bertz CT molecular complexity index is 1110. The van der Waals surface area contributed by atoms with Crippen LogP contribution in [0.15, 0.2) is 89.7 Å². The molecule has 0 radical (unpaired) electrons. The van der Waals surface area contributed by atoms with Gasteiger partial charge in [-0.25, -0.2) is 0 Å². The lowest BCUT2D eigenvalue weighted by Gasteiger charge is -2.21. The molecule has 1 amide bonds. The van der Waals surface area contributed by atoms with Gasteiger partial charge in [0.05, 0.1) is 0 Å². The zero-order valence-corrected chi connectivity index (χ0v) is 18.6. The molecule has 0 saturated heterocycles. The van der Waals surface area contributed by atoms with Gasteiger partial charge < -0.3 is 14.6 Å². The molecule has 2 heterocycles. The Kier molecular flexibility index (Phi) is 7.22. The van der Waals surface area contributed by atoms with Crippen molar-refractivity contribution in [3.8, 4) is 11.4 Å². The molecule has 0 bridgehead atoms. The lowest BCUT2D eigenvalue weighted by Crippen LogP contribution is -2.35. The summed E-state index contributed by atoms with van der Waals surface area (Å²) in [6.07, 6.45) is 3.00. The van der Waals surface area contributed by atoms with Crippen LogP contribution < -0.4 is 5.32 Å². The molecule has 7 heteroatoms. The maximum atomic E-state index is 12.8. The van der Waals surface area contributed by atoms with Gasteiger partial charge in [0.15, 0.2) is 0 Å². The fourth-order valence-corrected chi connectivity index (χ4v) is 3.50. The Labute approximate surface area is 192 Å². The number of hydrogen-bond donors (Lipinski definition) is 1. The van der Waals surface area contributed by atoms with Gasteiger partial charge in [0.25, 0.3) is 0 Å². The highest BCUT2D eigenvalue weighted by Crippen LogP contribution is 2.26. The molecule has 1 unspecified atom stereocenters. The zero-order valence-electron chi connectivity index (χ0n) is 18.6. The van der Waals surface area contributed by atoms with E-state index in [-0.39, 0.29) is 24.5 Å². The van der Waals surface area contributed by atoms with Crippen molar-refractivity contribution in [2.45, 2.75) is 26.0 Å². The van der Waals surface area contributed by atoms with Gasteiger partial charge in [-0.05, 0) is 29.2 Å². The number of hydrogen-bond acceptors (Lipinski definition) is 6. The van der Waals surface area contributed by atoms with E-state index in [1.165, 1.54) is 0 Å². The topological polar surface area (TPSA) is 90.1 Å². The summed E-state index contributed by atoms with van der Waals surface area (Å²) in [5.41, 5.74) is 2.71. The van der Waals surface area contributed by atoms with Crippen LogP contribution in [0, 0.1) is 5.92 Å². The molecule has 0 aliphatic heterocycles. The molecule has 168 valence electrons. The normalized spacial score (nSPS) is 12.1. The van der Waals surface area contributed by atoms with Gasteiger partial charge in [0, 0.05) is 18.0 Å². The molecule has 1 N–H and O–H groups in total. The van der Waals surface area contributed by atoms with Crippen LogP contribution in [0.5, 0.6) is 0 Å². The molecule has 33 heavy (non-hydrogen) atoms. The Morgan fingerprint density at radius 2 is 1.64 bits per heavy atom. The van der Waals surface area contributed by atoms with E-state index in [1.807, 2.05) is 80.6 Å². The van der Waals surface area contributed by atoms with Gasteiger partial charge in [-0.2, -0.15) is 4.98 Å². The molecule has 7 nitrogen and oxygen atoms in total. The molecule has 2 aromatic carbocycles. The third-order valence-corrected chi connectivity index (χ3v) is 5.20. The Balaban J connectivity index is 1.45. The number of nitrogens with zero attached hydrogens (tertiary/aromatic N) is 3. The summed E-state index contributed by atoms with van der Waals surface area (Å²) in [4.78, 5) is 21.4. The van der Waals surface area contributed by atoms with E-state index in [0.717, 1.165) is 16.7 Å². The summed E-state index contributed by atoms with van der Waals surface area (Å²) >= 11 is 0. The van der Waals surface area contributed by atoms with Crippen molar-refractivity contribution in [1.82, 2.24) is 20.4 Å². The number of pyridine rings is 1. The van der Waals surface area contributed by atoms with Crippen molar-refractivity contribution in [1.29, 1.82) is 0 Å². The van der Waals surface area contributed by atoms with E-state index < -0.39 is 6.04 Å². The van der Waals surface area contributed by atoms with E-state index in [1.54, 1.807) is 18.5 Å². The summed E-state index contributed by atoms with van der Waals surface area (Å²) in [7, 11) is 0. The maximum absolute atomic E-state index is 12.8. The zero-order chi connectivity index (χ0) is 23.0. The number of carbonyl (C=O) groups is 1. The van der Waals surface area contributed by atoms with E-state index in [2.05, 4.69) is 20.4 Å². The standard InChI is InChI=1S/C26H26N4O3/c1-18(2)23(26-29-25(30-33-26)21-14-9-15-27-16-21)28-22(31)17-32-24(19-10-5-3-6-11-19)20-12-7-4-8-13-20/h3-16,18,23-24H,17H2,1-2H3,(H,28,31). The summed E-state index contributed by atoms with van der Waals surface area (Å²) in [6, 6.07) is 22.9. The van der Waals surface area contributed by atoms with Crippen LogP contribution in [0.4, 0.5) is 0 Å². The van der Waals surface area contributed by atoms with Crippen LogP contribution in [-0.4, -0.2) is 27.6 Å². The predicted octanol–water partition coefficient (Wildman–Crippen LogP) is 4.75. The average molecular weight is 443 g/mol. The van der Waals surface area contributed by atoms with E-state index >= 15 is 0 Å². The smallest absolute Gasteiger partial charge is 0.249 e. The van der Waals surface area contributed by atoms with Crippen LogP contribution in [-0.2, 0) is 9.53 Å². The van der Waals surface area contributed by atoms with E-state index in [9.17, 15) is 4.79 Å². The van der Waals surface area contributed by atoms with Crippen molar-refractivity contribution in [3.63, 3.8) is 0 Å². The third kappa shape index (κ3) is 5.70. The van der Waals surface area contributed by atoms with E-state index in [4.69, 9.17) is 9.26 Å². The molecule has 1 atom stereocenters. The number of benzene rings is 2. The van der Waals surface area contributed by atoms with Crippen molar-refractivity contribution in [3.05, 3.63) is 102 Å². The van der Waals surface area contributed by atoms with Crippen LogP contribution in [0.3, 0.4) is 0 Å². The summed E-state index contributed by atoms with van der Waals surface area (Å²) in [5, 5.41) is 7.02. The monoisotopic (exact) mass is 442 g/mol. The lowest BCUT2D eigenvalue weighted by molar-refractivity contribution is -0.128. The Morgan fingerprint density at radius 3 is 2.21 bits per heavy atom. The first-order chi connectivity index (χ1) is 16.1. The van der Waals surface area contributed by atoms with Gasteiger partial charge in [0.2, 0.25) is 17.6 Å². The fourth-order valence-electron chi connectivity index (χ4n) is 3.50. The summed E-state index contributed by atoms with van der Waals surface area (Å²) in [5.74, 6) is 0.559. The third-order valence-electron chi connectivity index (χ3n) is 5.20.